The van der Waals surface area contributed by atoms with Crippen LogP contribution in [0.2, 0.25) is 0 Å². The minimum absolute atomic E-state index is 0.0953. The van der Waals surface area contributed by atoms with Gasteiger partial charge in [-0.05, 0) is 123 Å². The van der Waals surface area contributed by atoms with Gasteiger partial charge in [0.15, 0.2) is 0 Å². The smallest absolute Gasteiger partial charge is 0.0579 e. The van der Waals surface area contributed by atoms with E-state index in [1.54, 1.807) is 0 Å². The van der Waals surface area contributed by atoms with E-state index in [2.05, 4.69) is 61.5 Å². The summed E-state index contributed by atoms with van der Waals surface area (Å²) in [4.78, 5) is 0. The van der Waals surface area contributed by atoms with Crippen molar-refractivity contribution < 1.29 is 5.11 Å². The standard InChI is InChI=1S/C30H52O/c1-20(2)11-9-12-21(3)22-13-17-30(8)26(22)23(31)19-25-28(6)16-10-15-27(4,5)24(28)14-18-29(25,30)7/h11,21-26,31H,9-10,12-19H2,1-8H3/t21-,22-,23-,24+,25-,26+,28+,29-,30-/m1/s1. The molecule has 0 radical (unpaired) electrons. The topological polar surface area (TPSA) is 20.2 Å². The highest BCUT2D eigenvalue weighted by atomic mass is 16.3. The largest absolute Gasteiger partial charge is 0.393 e. The fraction of sp³-hybridized carbons (Fsp3) is 0.933. The Morgan fingerprint density at radius 1 is 0.935 bits per heavy atom. The second-order valence-corrected chi connectivity index (χ2v) is 14.2. The SMILES string of the molecule is CC(C)=CCC[C@@H](C)[C@H]1CC[C@]2(C)[C@@H]1[C@H](O)C[C@@H]1[C@@]3(C)CCCC(C)(C)[C@@H]3CC[C@]12C. The van der Waals surface area contributed by atoms with Gasteiger partial charge in [0.2, 0.25) is 0 Å². The summed E-state index contributed by atoms with van der Waals surface area (Å²) in [6, 6.07) is 0. The third kappa shape index (κ3) is 3.50. The lowest BCUT2D eigenvalue weighted by Gasteiger charge is -2.70. The van der Waals surface area contributed by atoms with Gasteiger partial charge in [-0.3, -0.25) is 0 Å². The molecule has 0 aromatic carbocycles. The highest BCUT2D eigenvalue weighted by Gasteiger charge is 2.69. The molecule has 0 saturated heterocycles. The van der Waals surface area contributed by atoms with Crippen molar-refractivity contribution >= 4 is 0 Å². The first-order valence-corrected chi connectivity index (χ1v) is 13.7. The molecule has 0 aromatic rings. The average molecular weight is 429 g/mol. The van der Waals surface area contributed by atoms with Gasteiger partial charge < -0.3 is 5.11 Å². The van der Waals surface area contributed by atoms with E-state index >= 15 is 0 Å². The van der Waals surface area contributed by atoms with Gasteiger partial charge >= 0.3 is 0 Å². The number of allylic oxidation sites excluding steroid dienone is 2. The molecule has 31 heavy (non-hydrogen) atoms. The van der Waals surface area contributed by atoms with E-state index in [9.17, 15) is 5.11 Å². The minimum Gasteiger partial charge on any atom is -0.393 e. The Balaban J connectivity index is 1.62. The Morgan fingerprint density at radius 2 is 1.61 bits per heavy atom. The lowest BCUT2D eigenvalue weighted by Crippen LogP contribution is -2.64. The summed E-state index contributed by atoms with van der Waals surface area (Å²) in [5.74, 6) is 3.45. The second kappa shape index (κ2) is 7.89. The maximum absolute atomic E-state index is 11.8. The fourth-order valence-corrected chi connectivity index (χ4v) is 10.4. The summed E-state index contributed by atoms with van der Waals surface area (Å²) in [6.45, 7) is 19.9. The van der Waals surface area contributed by atoms with Gasteiger partial charge in [-0.1, -0.05) is 59.6 Å². The Kier molecular flexibility index (Phi) is 6.07. The summed E-state index contributed by atoms with van der Waals surface area (Å²) in [7, 11) is 0. The molecule has 9 atom stereocenters. The van der Waals surface area contributed by atoms with Crippen LogP contribution in [-0.4, -0.2) is 11.2 Å². The molecule has 0 aromatic heterocycles. The maximum Gasteiger partial charge on any atom is 0.0579 e. The molecule has 0 heterocycles. The van der Waals surface area contributed by atoms with Crippen molar-refractivity contribution in [2.75, 3.05) is 0 Å². The highest BCUT2D eigenvalue weighted by molar-refractivity contribution is 5.18. The normalized spacial score (nSPS) is 49.5. The van der Waals surface area contributed by atoms with Gasteiger partial charge in [-0.2, -0.15) is 0 Å². The Hall–Kier alpha value is -0.300. The van der Waals surface area contributed by atoms with Crippen LogP contribution in [0.15, 0.2) is 11.6 Å². The summed E-state index contributed by atoms with van der Waals surface area (Å²) < 4.78 is 0. The molecule has 4 saturated carbocycles. The zero-order valence-corrected chi connectivity index (χ0v) is 22.1. The van der Waals surface area contributed by atoms with Crippen molar-refractivity contribution in [1.82, 2.24) is 0 Å². The van der Waals surface area contributed by atoms with E-state index in [1.807, 2.05) is 0 Å². The minimum atomic E-state index is -0.0953. The van der Waals surface area contributed by atoms with Crippen LogP contribution in [0.25, 0.3) is 0 Å². The molecule has 1 heteroatoms. The molecule has 4 rings (SSSR count). The molecule has 0 aliphatic heterocycles. The van der Waals surface area contributed by atoms with E-state index in [0.29, 0.717) is 39.4 Å². The van der Waals surface area contributed by atoms with Gasteiger partial charge in [0, 0.05) is 0 Å². The van der Waals surface area contributed by atoms with Crippen molar-refractivity contribution in [3.8, 4) is 0 Å². The third-order valence-corrected chi connectivity index (χ3v) is 12.1. The predicted molar refractivity (Wildman–Crippen MR) is 133 cm³/mol. The quantitative estimate of drug-likeness (QED) is 0.445. The van der Waals surface area contributed by atoms with Crippen LogP contribution in [-0.2, 0) is 0 Å². The lowest BCUT2D eigenvalue weighted by molar-refractivity contribution is -0.229. The Morgan fingerprint density at radius 3 is 2.29 bits per heavy atom. The molecular weight excluding hydrogens is 376 g/mol. The van der Waals surface area contributed by atoms with E-state index in [0.717, 1.165) is 18.3 Å². The number of aliphatic hydroxyl groups is 1. The maximum atomic E-state index is 11.8. The van der Waals surface area contributed by atoms with E-state index in [-0.39, 0.29) is 6.10 Å². The molecular formula is C30H52O. The molecule has 0 amide bonds. The molecule has 4 fully saturated rings. The summed E-state index contributed by atoms with van der Waals surface area (Å²) in [5.41, 5.74) is 3.02. The van der Waals surface area contributed by atoms with Crippen LogP contribution in [0.5, 0.6) is 0 Å². The number of fused-ring (bicyclic) bond motifs is 5. The lowest BCUT2D eigenvalue weighted by atomic mass is 9.35. The predicted octanol–water partition coefficient (Wildman–Crippen LogP) is 8.41. The van der Waals surface area contributed by atoms with Crippen molar-refractivity contribution in [3.05, 3.63) is 11.6 Å². The summed E-state index contributed by atoms with van der Waals surface area (Å²) in [5, 5.41) is 11.8. The first-order valence-electron chi connectivity index (χ1n) is 13.7. The molecule has 0 spiro atoms. The van der Waals surface area contributed by atoms with Crippen molar-refractivity contribution in [2.45, 2.75) is 126 Å². The molecule has 1 N–H and O–H groups in total. The number of aliphatic hydroxyl groups excluding tert-OH is 1. The average Bonchev–Trinajstić information content (AvgIpc) is 3.03. The molecule has 0 bridgehead atoms. The number of hydrogen-bond donors (Lipinski definition) is 1. The van der Waals surface area contributed by atoms with Crippen molar-refractivity contribution in [3.63, 3.8) is 0 Å². The molecule has 1 nitrogen and oxygen atoms in total. The van der Waals surface area contributed by atoms with Crippen molar-refractivity contribution in [1.29, 1.82) is 0 Å². The first kappa shape index (κ1) is 23.8. The van der Waals surface area contributed by atoms with Crippen LogP contribution in [0.3, 0.4) is 0 Å². The summed E-state index contributed by atoms with van der Waals surface area (Å²) >= 11 is 0. The van der Waals surface area contributed by atoms with Crippen LogP contribution in [0, 0.1) is 51.2 Å². The highest BCUT2D eigenvalue weighted by Crippen LogP contribution is 2.75. The Bertz CT molecular complexity index is 701. The third-order valence-electron chi connectivity index (χ3n) is 12.1. The Labute approximate surface area is 193 Å². The monoisotopic (exact) mass is 428 g/mol. The van der Waals surface area contributed by atoms with Gasteiger partial charge in [-0.25, -0.2) is 0 Å². The van der Waals surface area contributed by atoms with Crippen LogP contribution in [0.1, 0.15) is 120 Å². The zero-order valence-electron chi connectivity index (χ0n) is 22.1. The van der Waals surface area contributed by atoms with Crippen LogP contribution in [0.4, 0.5) is 0 Å². The van der Waals surface area contributed by atoms with E-state index < -0.39 is 0 Å². The molecule has 0 unspecified atom stereocenters. The summed E-state index contributed by atoms with van der Waals surface area (Å²) in [6.07, 6.45) is 15.5. The fourth-order valence-electron chi connectivity index (χ4n) is 10.4. The van der Waals surface area contributed by atoms with Gasteiger partial charge in [0.1, 0.15) is 0 Å². The second-order valence-electron chi connectivity index (χ2n) is 14.2. The first-order chi connectivity index (χ1) is 14.4. The molecule has 4 aliphatic rings. The number of hydrogen-bond acceptors (Lipinski definition) is 1. The number of rotatable bonds is 4. The van der Waals surface area contributed by atoms with Gasteiger partial charge in [0.05, 0.1) is 6.10 Å². The van der Waals surface area contributed by atoms with Crippen LogP contribution >= 0.6 is 0 Å². The van der Waals surface area contributed by atoms with Crippen LogP contribution < -0.4 is 0 Å². The molecule has 4 aliphatic carbocycles. The van der Waals surface area contributed by atoms with E-state index in [1.165, 1.54) is 63.4 Å². The van der Waals surface area contributed by atoms with Gasteiger partial charge in [-0.15, -0.1) is 0 Å². The van der Waals surface area contributed by atoms with E-state index in [4.69, 9.17) is 0 Å². The van der Waals surface area contributed by atoms with Gasteiger partial charge in [0.25, 0.3) is 0 Å². The van der Waals surface area contributed by atoms with Crippen molar-refractivity contribution in [2.24, 2.45) is 51.2 Å². The molecule has 178 valence electrons. The zero-order chi connectivity index (χ0) is 22.8.